The average Bonchev–Trinajstić information content (AvgIpc) is 2.74. The lowest BCUT2D eigenvalue weighted by molar-refractivity contribution is -0.137. The highest BCUT2D eigenvalue weighted by molar-refractivity contribution is 7.89. The van der Waals surface area contributed by atoms with Crippen LogP contribution in [0.3, 0.4) is 0 Å². The van der Waals surface area contributed by atoms with Crippen LogP contribution in [-0.4, -0.2) is 55.2 Å². The van der Waals surface area contributed by atoms with Gasteiger partial charge in [-0.05, 0) is 69.5 Å². The number of anilines is 1. The molecule has 0 unspecified atom stereocenters. The molecule has 1 N–H and O–H groups in total. The summed E-state index contributed by atoms with van der Waals surface area (Å²) < 4.78 is 67.3. The molecule has 186 valence electrons. The molecule has 6 nitrogen and oxygen atoms in total. The summed E-state index contributed by atoms with van der Waals surface area (Å²) in [7, 11) is -4.13. The minimum absolute atomic E-state index is 0.152. The van der Waals surface area contributed by atoms with Crippen molar-refractivity contribution in [3.63, 3.8) is 0 Å². The van der Waals surface area contributed by atoms with E-state index in [1.807, 2.05) is 36.1 Å². The quantitative estimate of drug-likeness (QED) is 0.611. The SMILES string of the molecule is Cc1cccc(NC(=O)CN2CCC(N(C(C)C)S(=O)(=O)c3cccc(C(F)(F)F)c3)CC2)c1. The zero-order chi connectivity index (χ0) is 25.1. The van der Waals surface area contributed by atoms with Crippen molar-refractivity contribution >= 4 is 21.6 Å². The zero-order valence-electron chi connectivity index (χ0n) is 19.5. The maximum absolute atomic E-state index is 13.3. The number of halogens is 3. The Kier molecular flexibility index (Phi) is 8.05. The molecular weight excluding hydrogens is 467 g/mol. The molecule has 1 heterocycles. The van der Waals surface area contributed by atoms with Crippen LogP contribution in [0.2, 0.25) is 0 Å². The molecule has 10 heteroatoms. The second-order valence-corrected chi connectivity index (χ2v) is 10.7. The summed E-state index contributed by atoms with van der Waals surface area (Å²) in [6, 6.07) is 10.6. The highest BCUT2D eigenvalue weighted by Gasteiger charge is 2.37. The van der Waals surface area contributed by atoms with Crippen molar-refractivity contribution in [1.29, 1.82) is 0 Å². The van der Waals surface area contributed by atoms with Gasteiger partial charge in [0, 0.05) is 30.9 Å². The van der Waals surface area contributed by atoms with Crippen molar-refractivity contribution in [2.45, 2.75) is 56.8 Å². The van der Waals surface area contributed by atoms with E-state index in [1.165, 1.54) is 10.4 Å². The first-order valence-electron chi connectivity index (χ1n) is 11.2. The van der Waals surface area contributed by atoms with Crippen LogP contribution in [0.4, 0.5) is 18.9 Å². The molecule has 3 rings (SSSR count). The van der Waals surface area contributed by atoms with E-state index >= 15 is 0 Å². The molecule has 1 fully saturated rings. The van der Waals surface area contributed by atoms with Crippen LogP contribution in [0.5, 0.6) is 0 Å². The van der Waals surface area contributed by atoms with Gasteiger partial charge in [-0.2, -0.15) is 17.5 Å². The molecule has 0 spiro atoms. The van der Waals surface area contributed by atoms with Gasteiger partial charge in [0.05, 0.1) is 17.0 Å². The van der Waals surface area contributed by atoms with Gasteiger partial charge < -0.3 is 5.32 Å². The van der Waals surface area contributed by atoms with Crippen molar-refractivity contribution in [3.05, 3.63) is 59.7 Å². The summed E-state index contributed by atoms with van der Waals surface area (Å²) in [6.45, 7) is 6.57. The first-order valence-corrected chi connectivity index (χ1v) is 12.6. The average molecular weight is 498 g/mol. The van der Waals surface area contributed by atoms with Crippen LogP contribution in [0.1, 0.15) is 37.8 Å². The topological polar surface area (TPSA) is 69.7 Å². The smallest absolute Gasteiger partial charge is 0.325 e. The lowest BCUT2D eigenvalue weighted by Crippen LogP contribution is -2.51. The second-order valence-electron chi connectivity index (χ2n) is 8.88. The van der Waals surface area contributed by atoms with Crippen LogP contribution in [0.15, 0.2) is 53.4 Å². The maximum atomic E-state index is 13.3. The Labute approximate surface area is 198 Å². The fourth-order valence-electron chi connectivity index (χ4n) is 4.31. The summed E-state index contributed by atoms with van der Waals surface area (Å²) in [5.41, 5.74) is 0.763. The minimum atomic E-state index is -4.63. The van der Waals surface area contributed by atoms with E-state index in [0.717, 1.165) is 23.4 Å². The fourth-order valence-corrected chi connectivity index (χ4v) is 6.24. The predicted molar refractivity (Wildman–Crippen MR) is 125 cm³/mol. The van der Waals surface area contributed by atoms with Crippen LogP contribution in [0, 0.1) is 6.92 Å². The van der Waals surface area contributed by atoms with Crippen LogP contribution >= 0.6 is 0 Å². The van der Waals surface area contributed by atoms with Crippen LogP contribution in [-0.2, 0) is 21.0 Å². The Morgan fingerprint density at radius 3 is 2.35 bits per heavy atom. The van der Waals surface area contributed by atoms with Crippen molar-refractivity contribution in [3.8, 4) is 0 Å². The summed E-state index contributed by atoms with van der Waals surface area (Å²) in [4.78, 5) is 14.0. The third-order valence-electron chi connectivity index (χ3n) is 5.83. The Hall–Kier alpha value is -2.43. The molecule has 0 aliphatic carbocycles. The summed E-state index contributed by atoms with van der Waals surface area (Å²) >= 11 is 0. The van der Waals surface area contributed by atoms with Gasteiger partial charge in [-0.3, -0.25) is 9.69 Å². The number of aryl methyl sites for hydroxylation is 1. The molecule has 0 saturated carbocycles. The number of carbonyl (C=O) groups excluding carboxylic acids is 1. The summed E-state index contributed by atoms with van der Waals surface area (Å²) in [5.74, 6) is -0.152. The van der Waals surface area contributed by atoms with Gasteiger partial charge in [-0.25, -0.2) is 8.42 Å². The highest BCUT2D eigenvalue weighted by atomic mass is 32.2. The first-order chi connectivity index (χ1) is 15.9. The number of likely N-dealkylation sites (tertiary alicyclic amines) is 1. The fraction of sp³-hybridized carbons (Fsp3) is 0.458. The van der Waals surface area contributed by atoms with Crippen molar-refractivity contribution in [1.82, 2.24) is 9.21 Å². The van der Waals surface area contributed by atoms with Crippen molar-refractivity contribution < 1.29 is 26.4 Å². The number of nitrogens with zero attached hydrogens (tertiary/aromatic N) is 2. The lowest BCUT2D eigenvalue weighted by Gasteiger charge is -2.39. The molecule has 1 aliphatic heterocycles. The van der Waals surface area contributed by atoms with E-state index in [0.29, 0.717) is 32.0 Å². The normalized spacial score (nSPS) is 16.2. The number of sulfonamides is 1. The number of carbonyl (C=O) groups is 1. The first kappa shape index (κ1) is 26.2. The minimum Gasteiger partial charge on any atom is -0.325 e. The van der Waals surface area contributed by atoms with E-state index in [2.05, 4.69) is 5.32 Å². The highest BCUT2D eigenvalue weighted by Crippen LogP contribution is 2.33. The van der Waals surface area contributed by atoms with Gasteiger partial charge in [0.1, 0.15) is 0 Å². The van der Waals surface area contributed by atoms with Gasteiger partial charge in [-0.1, -0.05) is 18.2 Å². The number of hydrogen-bond donors (Lipinski definition) is 1. The molecule has 0 aromatic heterocycles. The van der Waals surface area contributed by atoms with Gasteiger partial charge in [0.25, 0.3) is 0 Å². The summed E-state index contributed by atoms with van der Waals surface area (Å²) in [6.07, 6.45) is -3.67. The summed E-state index contributed by atoms with van der Waals surface area (Å²) in [5, 5.41) is 2.87. The largest absolute Gasteiger partial charge is 0.416 e. The molecule has 2 aromatic rings. The predicted octanol–water partition coefficient (Wildman–Crippen LogP) is 4.52. The van der Waals surface area contributed by atoms with Gasteiger partial charge >= 0.3 is 6.18 Å². The number of benzene rings is 2. The molecule has 0 atom stereocenters. The second kappa shape index (κ2) is 10.5. The molecule has 1 aliphatic rings. The van der Waals surface area contributed by atoms with Gasteiger partial charge in [0.2, 0.25) is 15.9 Å². The Balaban J connectivity index is 1.66. The molecular formula is C24H30F3N3O3S. The number of amides is 1. The molecule has 1 saturated heterocycles. The number of hydrogen-bond acceptors (Lipinski definition) is 4. The number of nitrogens with one attached hydrogen (secondary N) is 1. The van der Waals surface area contributed by atoms with E-state index in [-0.39, 0.29) is 23.4 Å². The maximum Gasteiger partial charge on any atom is 0.416 e. The Morgan fingerprint density at radius 1 is 1.12 bits per heavy atom. The molecule has 2 aromatic carbocycles. The zero-order valence-corrected chi connectivity index (χ0v) is 20.3. The van der Waals surface area contributed by atoms with Gasteiger partial charge in [-0.15, -0.1) is 0 Å². The lowest BCUT2D eigenvalue weighted by atomic mass is 10.0. The van der Waals surface area contributed by atoms with Crippen LogP contribution < -0.4 is 5.32 Å². The number of rotatable bonds is 7. The third kappa shape index (κ3) is 6.37. The third-order valence-corrected chi connectivity index (χ3v) is 7.96. The Bertz CT molecular complexity index is 1110. The number of alkyl halides is 3. The molecule has 0 radical (unpaired) electrons. The Morgan fingerprint density at radius 2 is 1.76 bits per heavy atom. The monoisotopic (exact) mass is 497 g/mol. The molecule has 34 heavy (non-hydrogen) atoms. The molecule has 0 bridgehead atoms. The van der Waals surface area contributed by atoms with E-state index in [1.54, 1.807) is 13.8 Å². The van der Waals surface area contributed by atoms with Crippen LogP contribution in [0.25, 0.3) is 0 Å². The van der Waals surface area contributed by atoms with E-state index in [4.69, 9.17) is 0 Å². The van der Waals surface area contributed by atoms with E-state index < -0.39 is 27.8 Å². The van der Waals surface area contributed by atoms with E-state index in [9.17, 15) is 26.4 Å². The standard InChI is InChI=1S/C24H30F3N3O3S/c1-17(2)30(34(32,33)22-9-5-7-19(15-22)24(25,26)27)21-10-12-29(13-11-21)16-23(31)28-20-8-4-6-18(3)14-20/h4-9,14-15,17,21H,10-13,16H2,1-3H3,(H,28,31). The van der Waals surface area contributed by atoms with Crippen molar-refractivity contribution in [2.75, 3.05) is 25.0 Å². The van der Waals surface area contributed by atoms with Crippen molar-refractivity contribution in [2.24, 2.45) is 0 Å². The number of piperidine rings is 1. The molecule has 1 amide bonds. The van der Waals surface area contributed by atoms with Gasteiger partial charge in [0.15, 0.2) is 0 Å².